The number of thiophene rings is 1. The van der Waals surface area contributed by atoms with Gasteiger partial charge in [0.15, 0.2) is 5.82 Å². The van der Waals surface area contributed by atoms with Gasteiger partial charge in [-0.2, -0.15) is 0 Å². The van der Waals surface area contributed by atoms with Crippen LogP contribution < -0.4 is 0 Å². The molecule has 16 heavy (non-hydrogen) atoms. The first kappa shape index (κ1) is 10.0. The summed E-state index contributed by atoms with van der Waals surface area (Å²) in [5.74, 6) is 2.80. The van der Waals surface area contributed by atoms with Gasteiger partial charge in [-0.05, 0) is 31.4 Å². The van der Waals surface area contributed by atoms with Crippen molar-refractivity contribution in [1.82, 2.24) is 14.8 Å². The maximum absolute atomic E-state index is 4.65. The van der Waals surface area contributed by atoms with Crippen LogP contribution in [0.3, 0.4) is 0 Å². The van der Waals surface area contributed by atoms with Gasteiger partial charge in [0.05, 0.1) is 4.88 Å². The molecule has 0 aliphatic carbocycles. The summed E-state index contributed by atoms with van der Waals surface area (Å²) in [6.45, 7) is 5.42. The zero-order valence-corrected chi connectivity index (χ0v) is 10.4. The number of fused-ring (bicyclic) bond motifs is 1. The van der Waals surface area contributed by atoms with Crippen LogP contribution in [0.1, 0.15) is 24.0 Å². The Balaban J connectivity index is 1.98. The molecule has 4 heteroatoms. The second-order valence-corrected chi connectivity index (χ2v) is 5.87. The Morgan fingerprint density at radius 1 is 1.44 bits per heavy atom. The van der Waals surface area contributed by atoms with Gasteiger partial charge in [-0.15, -0.1) is 16.4 Å². The first-order valence-electron chi connectivity index (χ1n) is 5.73. The molecule has 0 amide bonds. The fourth-order valence-corrected chi connectivity index (χ4v) is 2.92. The number of aromatic nitrogens is 3. The SMILES string of the molecule is Cc1ccc(-c2nc3n(n2)CCC(C)C3)s1. The first-order valence-corrected chi connectivity index (χ1v) is 6.54. The van der Waals surface area contributed by atoms with Crippen LogP contribution in [0.2, 0.25) is 0 Å². The normalized spacial score (nSPS) is 19.8. The van der Waals surface area contributed by atoms with Gasteiger partial charge in [0.25, 0.3) is 0 Å². The summed E-state index contributed by atoms with van der Waals surface area (Å²) in [6.07, 6.45) is 2.29. The van der Waals surface area contributed by atoms with E-state index in [1.807, 2.05) is 0 Å². The molecule has 1 atom stereocenters. The lowest BCUT2D eigenvalue weighted by Gasteiger charge is -2.17. The van der Waals surface area contributed by atoms with Gasteiger partial charge >= 0.3 is 0 Å². The second kappa shape index (κ2) is 3.70. The predicted octanol–water partition coefficient (Wildman–Crippen LogP) is 2.90. The summed E-state index contributed by atoms with van der Waals surface area (Å²) in [7, 11) is 0. The second-order valence-electron chi connectivity index (χ2n) is 4.58. The van der Waals surface area contributed by atoms with Gasteiger partial charge in [0, 0.05) is 17.8 Å². The maximum atomic E-state index is 4.65. The summed E-state index contributed by atoms with van der Waals surface area (Å²) in [4.78, 5) is 7.15. The van der Waals surface area contributed by atoms with Crippen LogP contribution in [0.15, 0.2) is 12.1 Å². The molecule has 0 N–H and O–H groups in total. The Morgan fingerprint density at radius 2 is 2.31 bits per heavy atom. The van der Waals surface area contributed by atoms with Crippen LogP contribution in [0.4, 0.5) is 0 Å². The topological polar surface area (TPSA) is 30.7 Å². The van der Waals surface area contributed by atoms with Crippen LogP contribution in [0, 0.1) is 12.8 Å². The number of hydrogen-bond acceptors (Lipinski definition) is 3. The minimum absolute atomic E-state index is 0.745. The summed E-state index contributed by atoms with van der Waals surface area (Å²) >= 11 is 1.77. The van der Waals surface area contributed by atoms with E-state index in [1.165, 1.54) is 16.2 Å². The molecular weight excluding hydrogens is 218 g/mol. The molecule has 0 fully saturated rings. The number of rotatable bonds is 1. The Kier molecular flexibility index (Phi) is 2.32. The number of nitrogens with zero attached hydrogens (tertiary/aromatic N) is 3. The summed E-state index contributed by atoms with van der Waals surface area (Å²) in [5.41, 5.74) is 0. The molecule has 1 unspecified atom stereocenters. The lowest BCUT2D eigenvalue weighted by atomic mass is 10.0. The van der Waals surface area contributed by atoms with E-state index < -0.39 is 0 Å². The van der Waals surface area contributed by atoms with E-state index in [0.29, 0.717) is 0 Å². The van der Waals surface area contributed by atoms with Crippen LogP contribution >= 0.6 is 11.3 Å². The molecule has 2 aromatic rings. The largest absolute Gasteiger partial charge is 0.249 e. The van der Waals surface area contributed by atoms with E-state index in [9.17, 15) is 0 Å². The molecule has 0 bridgehead atoms. The van der Waals surface area contributed by atoms with Gasteiger partial charge in [-0.1, -0.05) is 6.92 Å². The molecule has 0 radical (unpaired) electrons. The summed E-state index contributed by atoms with van der Waals surface area (Å²) in [6, 6.07) is 4.24. The Labute approximate surface area is 99.1 Å². The van der Waals surface area contributed by atoms with Crippen molar-refractivity contribution < 1.29 is 0 Å². The lowest BCUT2D eigenvalue weighted by molar-refractivity contribution is 0.386. The molecule has 0 saturated carbocycles. The quantitative estimate of drug-likeness (QED) is 0.758. The maximum Gasteiger partial charge on any atom is 0.191 e. The molecule has 84 valence electrons. The monoisotopic (exact) mass is 233 g/mol. The van der Waals surface area contributed by atoms with Gasteiger partial charge in [-0.3, -0.25) is 0 Å². The third-order valence-corrected chi connectivity index (χ3v) is 4.07. The fourth-order valence-electron chi connectivity index (χ4n) is 2.12. The van der Waals surface area contributed by atoms with Gasteiger partial charge < -0.3 is 0 Å². The standard InChI is InChI=1S/C12H15N3S/c1-8-5-6-15-11(7-8)13-12(14-15)10-4-3-9(2)16-10/h3-4,8H,5-7H2,1-2H3. The average molecular weight is 233 g/mol. The molecule has 3 nitrogen and oxygen atoms in total. The first-order chi connectivity index (χ1) is 7.72. The molecule has 0 aromatic carbocycles. The van der Waals surface area contributed by atoms with Gasteiger partial charge in [0.1, 0.15) is 5.82 Å². The highest BCUT2D eigenvalue weighted by atomic mass is 32.1. The van der Waals surface area contributed by atoms with E-state index in [-0.39, 0.29) is 0 Å². The smallest absolute Gasteiger partial charge is 0.191 e. The molecule has 1 aliphatic heterocycles. The molecular formula is C12H15N3S. The van der Waals surface area contributed by atoms with E-state index in [1.54, 1.807) is 11.3 Å². The van der Waals surface area contributed by atoms with Crippen LogP contribution in [0.25, 0.3) is 10.7 Å². The van der Waals surface area contributed by atoms with E-state index in [2.05, 4.69) is 40.7 Å². The third-order valence-electron chi connectivity index (χ3n) is 3.07. The van der Waals surface area contributed by atoms with Crippen molar-refractivity contribution >= 4 is 11.3 Å². The molecule has 1 aliphatic rings. The zero-order chi connectivity index (χ0) is 11.1. The fraction of sp³-hybridized carbons (Fsp3) is 0.500. The molecule has 3 rings (SSSR count). The third kappa shape index (κ3) is 1.67. The van der Waals surface area contributed by atoms with Crippen LogP contribution in [-0.2, 0) is 13.0 Å². The van der Waals surface area contributed by atoms with Gasteiger partial charge in [-0.25, -0.2) is 9.67 Å². The Hall–Kier alpha value is -1.16. The minimum atomic E-state index is 0.745. The summed E-state index contributed by atoms with van der Waals surface area (Å²) in [5, 5.41) is 4.58. The van der Waals surface area contributed by atoms with Gasteiger partial charge in [0.2, 0.25) is 0 Å². The Morgan fingerprint density at radius 3 is 3.06 bits per heavy atom. The highest BCUT2D eigenvalue weighted by molar-refractivity contribution is 7.15. The summed E-state index contributed by atoms with van der Waals surface area (Å²) < 4.78 is 2.07. The van der Waals surface area contributed by atoms with Crippen molar-refractivity contribution in [2.24, 2.45) is 5.92 Å². The van der Waals surface area contributed by atoms with E-state index >= 15 is 0 Å². The minimum Gasteiger partial charge on any atom is -0.249 e. The molecule has 2 aromatic heterocycles. The highest BCUT2D eigenvalue weighted by Crippen LogP contribution is 2.27. The Bertz CT molecular complexity index is 512. The van der Waals surface area contributed by atoms with Crippen molar-refractivity contribution in [2.75, 3.05) is 0 Å². The van der Waals surface area contributed by atoms with Crippen molar-refractivity contribution in [2.45, 2.75) is 33.2 Å². The van der Waals surface area contributed by atoms with Crippen molar-refractivity contribution in [3.8, 4) is 10.7 Å². The van der Waals surface area contributed by atoms with Crippen molar-refractivity contribution in [1.29, 1.82) is 0 Å². The molecule has 0 spiro atoms. The van der Waals surface area contributed by atoms with Crippen LogP contribution in [-0.4, -0.2) is 14.8 Å². The van der Waals surface area contributed by atoms with Crippen molar-refractivity contribution in [3.05, 3.63) is 22.8 Å². The average Bonchev–Trinajstić information content (AvgIpc) is 2.83. The predicted molar refractivity (Wildman–Crippen MR) is 65.6 cm³/mol. The van der Waals surface area contributed by atoms with Crippen molar-refractivity contribution in [3.63, 3.8) is 0 Å². The number of aryl methyl sites for hydroxylation is 2. The lowest BCUT2D eigenvalue weighted by Crippen LogP contribution is -2.18. The van der Waals surface area contributed by atoms with Crippen LogP contribution in [0.5, 0.6) is 0 Å². The van der Waals surface area contributed by atoms with E-state index in [4.69, 9.17) is 0 Å². The number of hydrogen-bond donors (Lipinski definition) is 0. The molecule has 3 heterocycles. The highest BCUT2D eigenvalue weighted by Gasteiger charge is 2.19. The zero-order valence-electron chi connectivity index (χ0n) is 9.60. The molecule has 0 saturated heterocycles. The van der Waals surface area contributed by atoms with E-state index in [0.717, 1.165) is 30.5 Å².